The molecule has 0 bridgehead atoms. The van der Waals surface area contributed by atoms with Gasteiger partial charge in [0.2, 0.25) is 0 Å². The minimum atomic E-state index is -0.738. The van der Waals surface area contributed by atoms with Gasteiger partial charge in [0, 0.05) is 11.6 Å². The largest absolute Gasteiger partial charge is 0.480 e. The van der Waals surface area contributed by atoms with E-state index in [0.717, 1.165) is 37.7 Å². The predicted molar refractivity (Wildman–Crippen MR) is 71.7 cm³/mol. The second-order valence-electron chi connectivity index (χ2n) is 4.93. The van der Waals surface area contributed by atoms with E-state index in [9.17, 15) is 9.90 Å². The van der Waals surface area contributed by atoms with Crippen molar-refractivity contribution in [3.63, 3.8) is 0 Å². The van der Waals surface area contributed by atoms with Crippen molar-refractivity contribution in [3.8, 4) is 0 Å². The summed E-state index contributed by atoms with van der Waals surface area (Å²) in [6.45, 7) is 0.573. The highest BCUT2D eigenvalue weighted by atomic mass is 35.5. The molecule has 0 unspecified atom stereocenters. The van der Waals surface area contributed by atoms with Gasteiger partial charge in [-0.2, -0.15) is 0 Å². The van der Waals surface area contributed by atoms with Crippen LogP contribution in [0, 0.1) is 0 Å². The number of hydrogen-bond donors (Lipinski definition) is 2. The standard InChI is InChI=1S/C14H18ClNO2/c15-12-6-4-11(5-7-12)10-16-14(13(17)18)8-2-1-3-9-14/h4-7,16H,1-3,8-10H2,(H,17,18). The zero-order valence-corrected chi connectivity index (χ0v) is 11.0. The van der Waals surface area contributed by atoms with E-state index in [2.05, 4.69) is 5.32 Å². The maximum Gasteiger partial charge on any atom is 0.323 e. The Morgan fingerprint density at radius 2 is 1.83 bits per heavy atom. The molecular formula is C14H18ClNO2. The fourth-order valence-corrected chi connectivity index (χ4v) is 2.62. The average Bonchev–Trinajstić information content (AvgIpc) is 2.39. The summed E-state index contributed by atoms with van der Waals surface area (Å²) in [7, 11) is 0. The molecule has 0 aliphatic heterocycles. The summed E-state index contributed by atoms with van der Waals surface area (Å²) in [5.74, 6) is -0.726. The third-order valence-electron chi connectivity index (χ3n) is 3.66. The highest BCUT2D eigenvalue weighted by molar-refractivity contribution is 6.30. The molecule has 1 aliphatic carbocycles. The molecule has 1 aromatic rings. The van der Waals surface area contributed by atoms with Crippen LogP contribution < -0.4 is 5.32 Å². The van der Waals surface area contributed by atoms with Gasteiger partial charge in [0.25, 0.3) is 0 Å². The number of hydrogen-bond acceptors (Lipinski definition) is 2. The van der Waals surface area contributed by atoms with E-state index >= 15 is 0 Å². The van der Waals surface area contributed by atoms with Crippen molar-refractivity contribution in [1.29, 1.82) is 0 Å². The first-order chi connectivity index (χ1) is 8.62. The van der Waals surface area contributed by atoms with Crippen LogP contribution in [0.2, 0.25) is 5.02 Å². The molecule has 0 heterocycles. The van der Waals surface area contributed by atoms with E-state index in [1.165, 1.54) is 0 Å². The zero-order valence-electron chi connectivity index (χ0n) is 10.3. The van der Waals surface area contributed by atoms with Crippen molar-refractivity contribution < 1.29 is 9.90 Å². The molecule has 0 radical (unpaired) electrons. The molecule has 3 nitrogen and oxygen atoms in total. The second kappa shape index (κ2) is 5.72. The van der Waals surface area contributed by atoms with Gasteiger partial charge >= 0.3 is 5.97 Å². The molecule has 2 rings (SSSR count). The van der Waals surface area contributed by atoms with Gasteiger partial charge in [-0.3, -0.25) is 10.1 Å². The first kappa shape index (κ1) is 13.4. The molecule has 0 amide bonds. The first-order valence-electron chi connectivity index (χ1n) is 6.35. The van der Waals surface area contributed by atoms with Crippen molar-refractivity contribution in [2.75, 3.05) is 0 Å². The van der Waals surface area contributed by atoms with Gasteiger partial charge < -0.3 is 5.11 Å². The van der Waals surface area contributed by atoms with Crippen molar-refractivity contribution in [2.45, 2.75) is 44.2 Å². The Labute approximate surface area is 112 Å². The summed E-state index contributed by atoms with van der Waals surface area (Å²) < 4.78 is 0. The van der Waals surface area contributed by atoms with Crippen LogP contribution in [0.15, 0.2) is 24.3 Å². The molecule has 98 valence electrons. The van der Waals surface area contributed by atoms with Crippen LogP contribution in [0.3, 0.4) is 0 Å². The van der Waals surface area contributed by atoms with E-state index < -0.39 is 11.5 Å². The van der Waals surface area contributed by atoms with Crippen molar-refractivity contribution in [2.24, 2.45) is 0 Å². The Bertz CT molecular complexity index is 410. The van der Waals surface area contributed by atoms with Crippen LogP contribution in [0.25, 0.3) is 0 Å². The summed E-state index contributed by atoms with van der Waals surface area (Å²) in [6, 6.07) is 7.50. The lowest BCUT2D eigenvalue weighted by atomic mass is 9.81. The van der Waals surface area contributed by atoms with Gasteiger partial charge in [-0.05, 0) is 30.5 Å². The highest BCUT2D eigenvalue weighted by Gasteiger charge is 2.38. The summed E-state index contributed by atoms with van der Waals surface area (Å²) in [4.78, 5) is 11.5. The van der Waals surface area contributed by atoms with Crippen molar-refractivity contribution >= 4 is 17.6 Å². The molecule has 4 heteroatoms. The third-order valence-corrected chi connectivity index (χ3v) is 3.91. The van der Waals surface area contributed by atoms with E-state index in [0.29, 0.717) is 11.6 Å². The first-order valence-corrected chi connectivity index (χ1v) is 6.73. The maximum atomic E-state index is 11.5. The molecule has 0 spiro atoms. The lowest BCUT2D eigenvalue weighted by Crippen LogP contribution is -2.52. The summed E-state index contributed by atoms with van der Waals surface area (Å²) >= 11 is 5.82. The molecule has 1 saturated carbocycles. The number of carbonyl (C=O) groups is 1. The van der Waals surface area contributed by atoms with Crippen LogP contribution in [-0.4, -0.2) is 16.6 Å². The number of carboxylic acid groups (broad SMARTS) is 1. The Hall–Kier alpha value is -1.06. The topological polar surface area (TPSA) is 49.3 Å². The summed E-state index contributed by atoms with van der Waals surface area (Å²) in [6.07, 6.45) is 4.54. The van der Waals surface area contributed by atoms with Gasteiger partial charge in [-0.1, -0.05) is 43.0 Å². The monoisotopic (exact) mass is 267 g/mol. The number of benzene rings is 1. The van der Waals surface area contributed by atoms with Crippen molar-refractivity contribution in [1.82, 2.24) is 5.32 Å². The van der Waals surface area contributed by atoms with Crippen LogP contribution >= 0.6 is 11.6 Å². The Kier molecular flexibility index (Phi) is 4.25. The van der Waals surface area contributed by atoms with Crippen LogP contribution in [-0.2, 0) is 11.3 Å². The highest BCUT2D eigenvalue weighted by Crippen LogP contribution is 2.28. The smallest absolute Gasteiger partial charge is 0.323 e. The SMILES string of the molecule is O=C(O)C1(NCc2ccc(Cl)cc2)CCCCC1. The minimum Gasteiger partial charge on any atom is -0.480 e. The van der Waals surface area contributed by atoms with E-state index in [1.54, 1.807) is 0 Å². The van der Waals surface area contributed by atoms with Crippen LogP contribution in [0.5, 0.6) is 0 Å². The van der Waals surface area contributed by atoms with Gasteiger partial charge in [0.1, 0.15) is 5.54 Å². The number of halogens is 1. The number of carboxylic acids is 1. The second-order valence-corrected chi connectivity index (χ2v) is 5.36. The summed E-state index contributed by atoms with van der Waals surface area (Å²) in [5, 5.41) is 13.4. The molecule has 2 N–H and O–H groups in total. The fraction of sp³-hybridized carbons (Fsp3) is 0.500. The average molecular weight is 268 g/mol. The Morgan fingerprint density at radius 1 is 1.22 bits per heavy atom. The third kappa shape index (κ3) is 3.03. The van der Waals surface area contributed by atoms with Gasteiger partial charge in [0.05, 0.1) is 0 Å². The Morgan fingerprint density at radius 3 is 2.39 bits per heavy atom. The molecule has 0 atom stereocenters. The number of aliphatic carboxylic acids is 1. The lowest BCUT2D eigenvalue weighted by molar-refractivity contribution is -0.146. The van der Waals surface area contributed by atoms with Crippen LogP contribution in [0.1, 0.15) is 37.7 Å². The number of rotatable bonds is 4. The quantitative estimate of drug-likeness (QED) is 0.881. The molecule has 1 aromatic carbocycles. The van der Waals surface area contributed by atoms with Gasteiger partial charge in [-0.15, -0.1) is 0 Å². The van der Waals surface area contributed by atoms with E-state index in [4.69, 9.17) is 11.6 Å². The summed E-state index contributed by atoms with van der Waals surface area (Å²) in [5.41, 5.74) is 0.323. The van der Waals surface area contributed by atoms with E-state index in [-0.39, 0.29) is 0 Å². The fourth-order valence-electron chi connectivity index (χ4n) is 2.50. The lowest BCUT2D eigenvalue weighted by Gasteiger charge is -2.34. The zero-order chi connectivity index (χ0) is 13.0. The predicted octanol–water partition coefficient (Wildman–Crippen LogP) is 3.22. The number of nitrogens with one attached hydrogen (secondary N) is 1. The molecule has 1 fully saturated rings. The normalized spacial score (nSPS) is 18.5. The Balaban J connectivity index is 2.01. The molecular weight excluding hydrogens is 250 g/mol. The maximum absolute atomic E-state index is 11.5. The molecule has 0 saturated heterocycles. The molecule has 18 heavy (non-hydrogen) atoms. The molecule has 1 aliphatic rings. The molecule has 0 aromatic heterocycles. The van der Waals surface area contributed by atoms with Crippen LogP contribution in [0.4, 0.5) is 0 Å². The van der Waals surface area contributed by atoms with Gasteiger partial charge in [0.15, 0.2) is 0 Å². The minimum absolute atomic E-state index is 0.573. The van der Waals surface area contributed by atoms with Gasteiger partial charge in [-0.25, -0.2) is 0 Å². The van der Waals surface area contributed by atoms with E-state index in [1.807, 2.05) is 24.3 Å². The van der Waals surface area contributed by atoms with Crippen molar-refractivity contribution in [3.05, 3.63) is 34.9 Å².